The number of nitrogens with two attached hydrogens (primary N) is 1. The Morgan fingerprint density at radius 2 is 2.08 bits per heavy atom. The minimum absolute atomic E-state index is 0.307. The van der Waals surface area contributed by atoms with E-state index in [1.165, 1.54) is 0 Å². The van der Waals surface area contributed by atoms with E-state index in [1.54, 1.807) is 6.92 Å². The molecule has 0 aliphatic heterocycles. The van der Waals surface area contributed by atoms with Crippen LogP contribution in [0.4, 0.5) is 0 Å². The van der Waals surface area contributed by atoms with E-state index in [0.29, 0.717) is 18.9 Å². The van der Waals surface area contributed by atoms with Crippen molar-refractivity contribution in [2.24, 2.45) is 11.7 Å². The molecular weight excluding hydrogens is 154 g/mol. The minimum Gasteiger partial charge on any atom is -0.464 e. The van der Waals surface area contributed by atoms with Crippen molar-refractivity contribution >= 4 is 5.97 Å². The number of hydrogen-bond donors (Lipinski definition) is 1. The summed E-state index contributed by atoms with van der Waals surface area (Å²) in [6.07, 6.45) is 0.601. The number of ether oxygens (including phenoxy) is 1. The van der Waals surface area contributed by atoms with Crippen LogP contribution in [0.2, 0.25) is 0 Å². The van der Waals surface area contributed by atoms with Gasteiger partial charge in [-0.25, -0.2) is 0 Å². The van der Waals surface area contributed by atoms with E-state index in [0.717, 1.165) is 0 Å². The highest BCUT2D eigenvalue weighted by molar-refractivity contribution is 5.79. The number of rotatable bonds is 4. The molecule has 0 saturated heterocycles. The summed E-state index contributed by atoms with van der Waals surface area (Å²) in [7, 11) is 0. The fourth-order valence-corrected chi connectivity index (χ4v) is 0.552. The first-order valence-corrected chi connectivity index (χ1v) is 4.36. The zero-order valence-electron chi connectivity index (χ0n) is 8.39. The van der Waals surface area contributed by atoms with E-state index in [-0.39, 0.29) is 5.97 Å². The van der Waals surface area contributed by atoms with E-state index >= 15 is 0 Å². The van der Waals surface area contributed by atoms with E-state index in [2.05, 4.69) is 0 Å². The molecule has 0 heterocycles. The van der Waals surface area contributed by atoms with Gasteiger partial charge in [0.25, 0.3) is 0 Å². The summed E-state index contributed by atoms with van der Waals surface area (Å²) in [5.41, 5.74) is 4.85. The van der Waals surface area contributed by atoms with Gasteiger partial charge in [0.2, 0.25) is 0 Å². The fourth-order valence-electron chi connectivity index (χ4n) is 0.552. The van der Waals surface area contributed by atoms with Crippen LogP contribution in [0.15, 0.2) is 0 Å². The Labute approximate surface area is 74.3 Å². The zero-order chi connectivity index (χ0) is 9.78. The van der Waals surface area contributed by atoms with Gasteiger partial charge in [0.15, 0.2) is 0 Å². The lowest BCUT2D eigenvalue weighted by molar-refractivity contribution is -0.150. The molecule has 0 aliphatic rings. The van der Waals surface area contributed by atoms with Gasteiger partial charge in [0.05, 0.1) is 6.61 Å². The van der Waals surface area contributed by atoms with Gasteiger partial charge in [0.1, 0.15) is 5.54 Å². The van der Waals surface area contributed by atoms with Gasteiger partial charge in [-0.05, 0) is 19.3 Å². The van der Waals surface area contributed by atoms with Crippen LogP contribution in [-0.4, -0.2) is 18.1 Å². The normalized spacial score (nSPS) is 15.8. The van der Waals surface area contributed by atoms with Crippen molar-refractivity contribution in [2.75, 3.05) is 6.61 Å². The molecule has 3 heteroatoms. The minimum atomic E-state index is -0.825. The molecule has 0 bridgehead atoms. The highest BCUT2D eigenvalue weighted by Gasteiger charge is 2.27. The molecule has 0 fully saturated rings. The lowest BCUT2D eigenvalue weighted by Crippen LogP contribution is -2.45. The van der Waals surface area contributed by atoms with Crippen LogP contribution in [0, 0.1) is 5.92 Å². The molecule has 12 heavy (non-hydrogen) atoms. The SMILES string of the molecule is CC[C@@](C)(N)C(=O)OCC(C)C. The van der Waals surface area contributed by atoms with E-state index < -0.39 is 5.54 Å². The first kappa shape index (κ1) is 11.4. The van der Waals surface area contributed by atoms with Crippen molar-refractivity contribution in [3.63, 3.8) is 0 Å². The first-order chi connectivity index (χ1) is 5.40. The average Bonchev–Trinajstić information content (AvgIpc) is 2.00. The predicted molar refractivity (Wildman–Crippen MR) is 48.7 cm³/mol. The molecule has 0 unspecified atom stereocenters. The van der Waals surface area contributed by atoms with Gasteiger partial charge in [-0.2, -0.15) is 0 Å². The van der Waals surface area contributed by atoms with E-state index in [9.17, 15) is 4.79 Å². The maximum absolute atomic E-state index is 11.3. The van der Waals surface area contributed by atoms with Crippen LogP contribution in [0.1, 0.15) is 34.1 Å². The summed E-state index contributed by atoms with van der Waals surface area (Å²) in [5.74, 6) is 0.0558. The first-order valence-electron chi connectivity index (χ1n) is 4.36. The maximum atomic E-state index is 11.3. The molecule has 3 nitrogen and oxygen atoms in total. The predicted octanol–water partition coefficient (Wildman–Crippen LogP) is 1.31. The Morgan fingerprint density at radius 3 is 2.42 bits per heavy atom. The number of esters is 1. The van der Waals surface area contributed by atoms with Gasteiger partial charge in [-0.15, -0.1) is 0 Å². The van der Waals surface area contributed by atoms with Crippen molar-refractivity contribution in [3.05, 3.63) is 0 Å². The Kier molecular flexibility index (Phi) is 4.24. The second-order valence-corrected chi connectivity index (χ2v) is 3.76. The van der Waals surface area contributed by atoms with E-state index in [1.807, 2.05) is 20.8 Å². The number of carbonyl (C=O) groups excluding carboxylic acids is 1. The highest BCUT2D eigenvalue weighted by Crippen LogP contribution is 2.08. The number of carbonyl (C=O) groups is 1. The monoisotopic (exact) mass is 173 g/mol. The van der Waals surface area contributed by atoms with Crippen LogP contribution in [0.5, 0.6) is 0 Å². The topological polar surface area (TPSA) is 52.3 Å². The smallest absolute Gasteiger partial charge is 0.325 e. The van der Waals surface area contributed by atoms with E-state index in [4.69, 9.17) is 10.5 Å². The third-order valence-corrected chi connectivity index (χ3v) is 1.75. The van der Waals surface area contributed by atoms with Crippen LogP contribution in [0.25, 0.3) is 0 Å². The lowest BCUT2D eigenvalue weighted by atomic mass is 10.0. The van der Waals surface area contributed by atoms with Gasteiger partial charge in [-0.1, -0.05) is 20.8 Å². The molecule has 2 N–H and O–H groups in total. The summed E-state index contributed by atoms with van der Waals surface area (Å²) < 4.78 is 5.00. The Balaban J connectivity index is 3.88. The largest absolute Gasteiger partial charge is 0.464 e. The lowest BCUT2D eigenvalue weighted by Gasteiger charge is -2.20. The molecule has 0 spiro atoms. The third-order valence-electron chi connectivity index (χ3n) is 1.75. The molecule has 0 aromatic rings. The fraction of sp³-hybridized carbons (Fsp3) is 0.889. The van der Waals surface area contributed by atoms with Crippen molar-refractivity contribution in [3.8, 4) is 0 Å². The third kappa shape index (κ3) is 3.72. The highest BCUT2D eigenvalue weighted by atomic mass is 16.5. The molecule has 0 aromatic carbocycles. The van der Waals surface area contributed by atoms with Gasteiger partial charge >= 0.3 is 5.97 Å². The van der Waals surface area contributed by atoms with Gasteiger partial charge in [0, 0.05) is 0 Å². The summed E-state index contributed by atoms with van der Waals surface area (Å²) in [6, 6.07) is 0. The second-order valence-electron chi connectivity index (χ2n) is 3.76. The summed E-state index contributed by atoms with van der Waals surface area (Å²) in [5, 5.41) is 0. The van der Waals surface area contributed by atoms with Crippen molar-refractivity contribution < 1.29 is 9.53 Å². The van der Waals surface area contributed by atoms with Crippen LogP contribution >= 0.6 is 0 Å². The van der Waals surface area contributed by atoms with Crippen LogP contribution in [0.3, 0.4) is 0 Å². The molecule has 0 rings (SSSR count). The summed E-state index contributed by atoms with van der Waals surface area (Å²) in [6.45, 7) is 8.00. The Hall–Kier alpha value is -0.570. The van der Waals surface area contributed by atoms with Crippen molar-refractivity contribution in [2.45, 2.75) is 39.7 Å². The zero-order valence-corrected chi connectivity index (χ0v) is 8.39. The van der Waals surface area contributed by atoms with Crippen molar-refractivity contribution in [1.82, 2.24) is 0 Å². The molecule has 0 amide bonds. The standard InChI is InChI=1S/C9H19NO2/c1-5-9(4,10)8(11)12-6-7(2)3/h7H,5-6,10H2,1-4H3/t9-/m1/s1. The van der Waals surface area contributed by atoms with Gasteiger partial charge in [-0.3, -0.25) is 4.79 Å². The van der Waals surface area contributed by atoms with Crippen LogP contribution in [-0.2, 0) is 9.53 Å². The second kappa shape index (κ2) is 4.45. The summed E-state index contributed by atoms with van der Waals surface area (Å²) in [4.78, 5) is 11.3. The molecule has 1 atom stereocenters. The molecule has 0 aliphatic carbocycles. The Morgan fingerprint density at radius 1 is 1.58 bits per heavy atom. The Bertz CT molecular complexity index is 153. The number of hydrogen-bond acceptors (Lipinski definition) is 3. The summed E-state index contributed by atoms with van der Waals surface area (Å²) >= 11 is 0. The molecule has 0 saturated carbocycles. The van der Waals surface area contributed by atoms with Crippen molar-refractivity contribution in [1.29, 1.82) is 0 Å². The van der Waals surface area contributed by atoms with Gasteiger partial charge < -0.3 is 10.5 Å². The van der Waals surface area contributed by atoms with Crippen LogP contribution < -0.4 is 5.73 Å². The molecular formula is C9H19NO2. The quantitative estimate of drug-likeness (QED) is 0.652. The maximum Gasteiger partial charge on any atom is 0.325 e. The average molecular weight is 173 g/mol. The molecule has 0 radical (unpaired) electrons. The molecule has 72 valence electrons. The molecule has 0 aromatic heterocycles.